The topological polar surface area (TPSA) is 50.4 Å². The Morgan fingerprint density at radius 1 is 1.33 bits per heavy atom. The average Bonchev–Trinajstić information content (AvgIpc) is 2.51. The van der Waals surface area contributed by atoms with Crippen molar-refractivity contribution in [2.24, 2.45) is 5.41 Å². The van der Waals surface area contributed by atoms with E-state index in [1.165, 1.54) is 16.7 Å². The molecule has 5 heteroatoms. The van der Waals surface area contributed by atoms with Crippen molar-refractivity contribution >= 4 is 18.3 Å². The Morgan fingerprint density at radius 2 is 2.00 bits per heavy atom. The molecule has 1 heterocycles. The molecule has 1 amide bonds. The van der Waals surface area contributed by atoms with Crippen molar-refractivity contribution in [3.63, 3.8) is 0 Å². The first-order chi connectivity index (χ1) is 11.0. The van der Waals surface area contributed by atoms with Crippen LogP contribution in [-0.2, 0) is 16.0 Å². The minimum atomic E-state index is -0.378. The van der Waals surface area contributed by atoms with Gasteiger partial charge in [-0.2, -0.15) is 0 Å². The highest BCUT2D eigenvalue weighted by Gasteiger charge is 2.39. The zero-order valence-corrected chi connectivity index (χ0v) is 16.1. The fourth-order valence-electron chi connectivity index (χ4n) is 3.45. The molecule has 1 aliphatic rings. The maximum absolute atomic E-state index is 12.8. The maximum atomic E-state index is 12.8. The highest BCUT2D eigenvalue weighted by molar-refractivity contribution is 5.85. The number of halogens is 1. The molecule has 1 unspecified atom stereocenters. The molecule has 2 rings (SSSR count). The SMILES string of the molecule is COCC1(C(=O)NC(C)Cc2ccc(C)cc2C)CCNCC1.Cl. The van der Waals surface area contributed by atoms with Gasteiger partial charge in [0.2, 0.25) is 5.91 Å². The summed E-state index contributed by atoms with van der Waals surface area (Å²) >= 11 is 0. The van der Waals surface area contributed by atoms with Crippen molar-refractivity contribution in [2.75, 3.05) is 26.8 Å². The molecule has 0 bridgehead atoms. The lowest BCUT2D eigenvalue weighted by Gasteiger charge is -2.36. The minimum Gasteiger partial charge on any atom is -0.384 e. The molecule has 1 saturated heterocycles. The second-order valence-electron chi connectivity index (χ2n) is 6.97. The number of rotatable bonds is 6. The zero-order chi connectivity index (χ0) is 16.9. The van der Waals surface area contributed by atoms with Crippen molar-refractivity contribution in [2.45, 2.75) is 46.1 Å². The number of carbonyl (C=O) groups is 1. The highest BCUT2D eigenvalue weighted by Crippen LogP contribution is 2.29. The average molecular weight is 355 g/mol. The normalized spacial score (nSPS) is 17.7. The van der Waals surface area contributed by atoms with Crippen LogP contribution < -0.4 is 10.6 Å². The lowest BCUT2D eigenvalue weighted by Crippen LogP contribution is -2.52. The minimum absolute atomic E-state index is 0. The predicted octanol–water partition coefficient (Wildman–Crippen LogP) is 2.79. The Morgan fingerprint density at radius 3 is 2.58 bits per heavy atom. The predicted molar refractivity (Wildman–Crippen MR) is 101 cm³/mol. The number of piperidine rings is 1. The molecule has 0 aliphatic carbocycles. The summed E-state index contributed by atoms with van der Waals surface area (Å²) in [7, 11) is 1.68. The number of amides is 1. The van der Waals surface area contributed by atoms with Crippen molar-refractivity contribution < 1.29 is 9.53 Å². The molecule has 1 aliphatic heterocycles. The number of hydrogen-bond acceptors (Lipinski definition) is 3. The van der Waals surface area contributed by atoms with Gasteiger partial charge >= 0.3 is 0 Å². The standard InChI is InChI=1S/C19H30N2O2.ClH/c1-14-5-6-17(15(2)11-14)12-16(3)21-18(22)19(13-23-4)7-9-20-10-8-19;/h5-6,11,16,20H,7-10,12-13H2,1-4H3,(H,21,22);1H. The van der Waals surface area contributed by atoms with Gasteiger partial charge in [-0.05, 0) is 64.3 Å². The molecule has 0 aromatic heterocycles. The van der Waals surface area contributed by atoms with E-state index in [2.05, 4.69) is 49.6 Å². The third-order valence-corrected chi connectivity index (χ3v) is 4.86. The lowest BCUT2D eigenvalue weighted by atomic mass is 9.78. The summed E-state index contributed by atoms with van der Waals surface area (Å²) in [6.07, 6.45) is 2.53. The number of ether oxygens (including phenoxy) is 1. The van der Waals surface area contributed by atoms with Crippen molar-refractivity contribution in [3.8, 4) is 0 Å². The molecule has 1 atom stereocenters. The first kappa shape index (κ1) is 20.9. The number of aryl methyl sites for hydroxylation is 2. The lowest BCUT2D eigenvalue weighted by molar-refractivity contribution is -0.136. The van der Waals surface area contributed by atoms with E-state index in [-0.39, 0.29) is 29.8 Å². The van der Waals surface area contributed by atoms with Crippen molar-refractivity contribution in [1.29, 1.82) is 0 Å². The van der Waals surface area contributed by atoms with Gasteiger partial charge in [-0.3, -0.25) is 4.79 Å². The molecule has 0 saturated carbocycles. The second kappa shape index (κ2) is 9.40. The van der Waals surface area contributed by atoms with E-state index in [4.69, 9.17) is 4.74 Å². The highest BCUT2D eigenvalue weighted by atomic mass is 35.5. The van der Waals surface area contributed by atoms with E-state index in [1.807, 2.05) is 0 Å². The van der Waals surface area contributed by atoms with Crippen LogP contribution in [0.5, 0.6) is 0 Å². The number of nitrogens with one attached hydrogen (secondary N) is 2. The molecule has 1 aromatic rings. The summed E-state index contributed by atoms with van der Waals surface area (Å²) in [5, 5.41) is 6.54. The van der Waals surface area contributed by atoms with Crippen LogP contribution in [0.3, 0.4) is 0 Å². The number of methoxy groups -OCH3 is 1. The van der Waals surface area contributed by atoms with Gasteiger partial charge in [0.05, 0.1) is 12.0 Å². The van der Waals surface area contributed by atoms with E-state index in [0.717, 1.165) is 32.4 Å². The summed E-state index contributed by atoms with van der Waals surface area (Å²) in [4.78, 5) is 12.8. The van der Waals surface area contributed by atoms with Gasteiger partial charge in [0.15, 0.2) is 0 Å². The fraction of sp³-hybridized carbons (Fsp3) is 0.632. The van der Waals surface area contributed by atoms with Crippen LogP contribution in [0.25, 0.3) is 0 Å². The largest absolute Gasteiger partial charge is 0.384 e. The Hall–Kier alpha value is -1.10. The third kappa shape index (κ3) is 5.20. The fourth-order valence-corrected chi connectivity index (χ4v) is 3.45. The smallest absolute Gasteiger partial charge is 0.228 e. The maximum Gasteiger partial charge on any atom is 0.228 e. The van der Waals surface area contributed by atoms with Crippen LogP contribution in [0.15, 0.2) is 18.2 Å². The van der Waals surface area contributed by atoms with Crippen LogP contribution in [-0.4, -0.2) is 38.8 Å². The van der Waals surface area contributed by atoms with E-state index < -0.39 is 0 Å². The van der Waals surface area contributed by atoms with Gasteiger partial charge in [0, 0.05) is 13.2 Å². The Bertz CT molecular complexity index is 537. The molecular formula is C19H31ClN2O2. The van der Waals surface area contributed by atoms with Crippen LogP contribution in [0.1, 0.15) is 36.5 Å². The zero-order valence-electron chi connectivity index (χ0n) is 15.3. The molecule has 1 fully saturated rings. The van der Waals surface area contributed by atoms with Crippen molar-refractivity contribution in [3.05, 3.63) is 34.9 Å². The summed E-state index contributed by atoms with van der Waals surface area (Å²) in [6, 6.07) is 6.62. The molecule has 1 aromatic carbocycles. The van der Waals surface area contributed by atoms with Gasteiger partial charge in [-0.1, -0.05) is 23.8 Å². The summed E-state index contributed by atoms with van der Waals surface area (Å²) in [5.74, 6) is 0.137. The van der Waals surface area contributed by atoms with Gasteiger partial charge in [-0.25, -0.2) is 0 Å². The Balaban J connectivity index is 0.00000288. The second-order valence-corrected chi connectivity index (χ2v) is 6.97. The van der Waals surface area contributed by atoms with Crippen LogP contribution in [0.4, 0.5) is 0 Å². The summed E-state index contributed by atoms with van der Waals surface area (Å²) < 4.78 is 5.35. The number of hydrogen-bond donors (Lipinski definition) is 2. The molecule has 2 N–H and O–H groups in total. The Kier molecular flexibility index (Phi) is 8.20. The van der Waals surface area contributed by atoms with Gasteiger partial charge in [-0.15, -0.1) is 12.4 Å². The first-order valence-electron chi connectivity index (χ1n) is 8.53. The molecule has 4 nitrogen and oxygen atoms in total. The summed E-state index contributed by atoms with van der Waals surface area (Å²) in [6.45, 7) is 8.57. The van der Waals surface area contributed by atoms with Gasteiger partial charge in [0.1, 0.15) is 0 Å². The van der Waals surface area contributed by atoms with Gasteiger partial charge in [0.25, 0.3) is 0 Å². The van der Waals surface area contributed by atoms with E-state index >= 15 is 0 Å². The summed E-state index contributed by atoms with van der Waals surface area (Å²) in [5.41, 5.74) is 3.49. The number of benzene rings is 1. The molecule has 0 radical (unpaired) electrons. The van der Waals surface area contributed by atoms with Crippen LogP contribution in [0, 0.1) is 19.3 Å². The van der Waals surface area contributed by atoms with Crippen LogP contribution >= 0.6 is 12.4 Å². The first-order valence-corrected chi connectivity index (χ1v) is 8.53. The molecule has 24 heavy (non-hydrogen) atoms. The van der Waals surface area contributed by atoms with E-state index in [1.54, 1.807) is 7.11 Å². The van der Waals surface area contributed by atoms with Crippen molar-refractivity contribution in [1.82, 2.24) is 10.6 Å². The third-order valence-electron chi connectivity index (χ3n) is 4.86. The van der Waals surface area contributed by atoms with Crippen LogP contribution in [0.2, 0.25) is 0 Å². The van der Waals surface area contributed by atoms with E-state index in [9.17, 15) is 4.79 Å². The van der Waals surface area contributed by atoms with Gasteiger partial charge < -0.3 is 15.4 Å². The Labute approximate surface area is 152 Å². The van der Waals surface area contributed by atoms with E-state index in [0.29, 0.717) is 6.61 Å². The number of carbonyl (C=O) groups excluding carboxylic acids is 1. The quantitative estimate of drug-likeness (QED) is 0.825. The molecule has 136 valence electrons. The monoisotopic (exact) mass is 354 g/mol. The molecule has 0 spiro atoms. The molecular weight excluding hydrogens is 324 g/mol.